The van der Waals surface area contributed by atoms with Crippen LogP contribution in [0.3, 0.4) is 0 Å². The number of benzene rings is 2. The Bertz CT molecular complexity index is 1260. The molecule has 0 spiro atoms. The number of hydrogen-bond donors (Lipinski definition) is 2. The van der Waals surface area contributed by atoms with Crippen molar-refractivity contribution >= 4 is 34.1 Å². The number of hydrogen-bond acceptors (Lipinski definition) is 6. The van der Waals surface area contributed by atoms with Crippen molar-refractivity contribution in [3.8, 4) is 17.4 Å². The number of anilines is 1. The van der Waals surface area contributed by atoms with Crippen LogP contribution in [0.1, 0.15) is 15.9 Å². The fourth-order valence-electron chi connectivity index (χ4n) is 3.05. The van der Waals surface area contributed by atoms with Gasteiger partial charge in [-0.05, 0) is 41.3 Å². The van der Waals surface area contributed by atoms with Gasteiger partial charge in [0.25, 0.3) is 5.91 Å². The van der Waals surface area contributed by atoms with Gasteiger partial charge < -0.3 is 20.5 Å². The lowest BCUT2D eigenvalue weighted by Crippen LogP contribution is -2.23. The summed E-state index contributed by atoms with van der Waals surface area (Å²) in [5.74, 6) is 1.56. The minimum atomic E-state index is -0.295. The molecule has 2 aromatic heterocycles. The van der Waals surface area contributed by atoms with Crippen LogP contribution in [0.15, 0.2) is 67.0 Å². The van der Waals surface area contributed by atoms with Crippen molar-refractivity contribution in [2.75, 3.05) is 12.8 Å². The quantitative estimate of drug-likeness (QED) is 0.460. The zero-order valence-corrected chi connectivity index (χ0v) is 17.4. The maximum atomic E-state index is 12.5. The number of amides is 1. The van der Waals surface area contributed by atoms with E-state index in [4.69, 9.17) is 26.8 Å². The molecule has 2 aromatic carbocycles. The number of nitrogen functional groups attached to an aromatic ring is 1. The fraction of sp³-hybridized carbons (Fsp3) is 0.0870. The number of pyridine rings is 2. The number of nitrogens with zero attached hydrogens (tertiary/aromatic N) is 2. The van der Waals surface area contributed by atoms with Crippen LogP contribution in [0, 0.1) is 0 Å². The van der Waals surface area contributed by atoms with Crippen molar-refractivity contribution in [3.63, 3.8) is 0 Å². The highest BCUT2D eigenvalue weighted by molar-refractivity contribution is 6.32. The van der Waals surface area contributed by atoms with E-state index in [1.54, 1.807) is 37.6 Å². The average molecular weight is 435 g/mol. The molecule has 4 rings (SSSR count). The lowest BCUT2D eigenvalue weighted by atomic mass is 10.1. The van der Waals surface area contributed by atoms with E-state index in [2.05, 4.69) is 15.3 Å². The van der Waals surface area contributed by atoms with Crippen LogP contribution in [0.4, 0.5) is 5.82 Å². The smallest absolute Gasteiger partial charge is 0.253 e. The molecule has 0 unspecified atom stereocenters. The number of rotatable bonds is 6. The van der Waals surface area contributed by atoms with Gasteiger partial charge in [-0.15, -0.1) is 0 Å². The summed E-state index contributed by atoms with van der Waals surface area (Å²) in [4.78, 5) is 20.8. The summed E-state index contributed by atoms with van der Waals surface area (Å²) in [6, 6.07) is 16.2. The van der Waals surface area contributed by atoms with E-state index in [9.17, 15) is 4.79 Å². The summed E-state index contributed by atoms with van der Waals surface area (Å²) >= 11 is 6.28. The lowest BCUT2D eigenvalue weighted by molar-refractivity contribution is 0.0950. The van der Waals surface area contributed by atoms with E-state index in [0.29, 0.717) is 29.4 Å². The van der Waals surface area contributed by atoms with Gasteiger partial charge >= 0.3 is 0 Å². The van der Waals surface area contributed by atoms with Gasteiger partial charge in [-0.2, -0.15) is 0 Å². The van der Waals surface area contributed by atoms with Crippen molar-refractivity contribution in [1.29, 1.82) is 0 Å². The maximum absolute atomic E-state index is 12.5. The molecule has 8 heteroatoms. The van der Waals surface area contributed by atoms with Crippen LogP contribution in [-0.2, 0) is 6.54 Å². The van der Waals surface area contributed by atoms with Gasteiger partial charge in [-0.25, -0.2) is 9.97 Å². The SMILES string of the molecule is COc1cccc(Oc2ncc(C(=O)NCc3ccc4c(N)nccc4c3)cc2Cl)c1. The van der Waals surface area contributed by atoms with Crippen LogP contribution in [0.5, 0.6) is 17.4 Å². The third-order valence-corrected chi connectivity index (χ3v) is 4.91. The Morgan fingerprint density at radius 3 is 2.74 bits per heavy atom. The summed E-state index contributed by atoms with van der Waals surface area (Å²) < 4.78 is 10.9. The zero-order valence-electron chi connectivity index (χ0n) is 16.6. The van der Waals surface area contributed by atoms with Gasteiger partial charge in [0.15, 0.2) is 0 Å². The van der Waals surface area contributed by atoms with Crippen LogP contribution in [0.2, 0.25) is 5.02 Å². The zero-order chi connectivity index (χ0) is 21.8. The van der Waals surface area contributed by atoms with Crippen molar-refractivity contribution in [1.82, 2.24) is 15.3 Å². The molecule has 0 aliphatic rings. The molecule has 0 saturated carbocycles. The third-order valence-electron chi connectivity index (χ3n) is 4.64. The second-order valence-corrected chi connectivity index (χ2v) is 7.13. The number of nitrogens with one attached hydrogen (secondary N) is 1. The molecule has 3 N–H and O–H groups in total. The molecule has 4 aromatic rings. The molecule has 0 atom stereocenters. The fourth-order valence-corrected chi connectivity index (χ4v) is 3.25. The normalized spacial score (nSPS) is 10.6. The molecule has 156 valence electrons. The Morgan fingerprint density at radius 1 is 1.10 bits per heavy atom. The standard InChI is InChI=1S/C23H19ClN4O3/c1-30-17-3-2-4-18(11-17)31-23-20(24)10-16(13-28-23)22(29)27-12-14-5-6-19-15(9-14)7-8-26-21(19)25/h2-11,13H,12H2,1H3,(H2,25,26)(H,27,29). The number of ether oxygens (including phenoxy) is 2. The number of halogens is 1. The van der Waals surface area contributed by atoms with Crippen molar-refractivity contribution < 1.29 is 14.3 Å². The molecule has 1 amide bonds. The van der Waals surface area contributed by atoms with Crippen molar-refractivity contribution in [2.24, 2.45) is 0 Å². The molecule has 0 saturated heterocycles. The third kappa shape index (κ3) is 4.67. The van der Waals surface area contributed by atoms with Gasteiger partial charge in [0, 0.05) is 30.4 Å². The average Bonchev–Trinajstić information content (AvgIpc) is 2.79. The van der Waals surface area contributed by atoms with E-state index in [1.165, 1.54) is 12.3 Å². The highest BCUT2D eigenvalue weighted by Gasteiger charge is 2.12. The highest BCUT2D eigenvalue weighted by atomic mass is 35.5. The molecule has 0 aliphatic heterocycles. The maximum Gasteiger partial charge on any atom is 0.253 e. The van der Waals surface area contributed by atoms with Crippen molar-refractivity contribution in [2.45, 2.75) is 6.54 Å². The predicted molar refractivity (Wildman–Crippen MR) is 120 cm³/mol. The summed E-state index contributed by atoms with van der Waals surface area (Å²) in [7, 11) is 1.57. The lowest BCUT2D eigenvalue weighted by Gasteiger charge is -2.10. The summed E-state index contributed by atoms with van der Waals surface area (Å²) in [5.41, 5.74) is 7.14. The number of methoxy groups -OCH3 is 1. The molecule has 0 radical (unpaired) electrons. The molecule has 0 fully saturated rings. The Hall–Kier alpha value is -3.84. The van der Waals surface area contributed by atoms with Crippen LogP contribution in [-0.4, -0.2) is 23.0 Å². The first-order chi connectivity index (χ1) is 15.0. The monoisotopic (exact) mass is 434 g/mol. The molecule has 0 bridgehead atoms. The van der Waals surface area contributed by atoms with Crippen LogP contribution in [0.25, 0.3) is 10.8 Å². The molecular formula is C23H19ClN4O3. The summed E-state index contributed by atoms with van der Waals surface area (Å²) in [6.45, 7) is 0.344. The number of nitrogens with two attached hydrogens (primary N) is 1. The Labute approximate surface area is 183 Å². The van der Waals surface area contributed by atoms with E-state index in [1.807, 2.05) is 24.3 Å². The minimum Gasteiger partial charge on any atom is -0.497 e. The number of carbonyl (C=O) groups is 1. The number of fused-ring (bicyclic) bond motifs is 1. The van der Waals surface area contributed by atoms with Crippen molar-refractivity contribution in [3.05, 3.63) is 83.1 Å². The summed E-state index contributed by atoms with van der Waals surface area (Å²) in [6.07, 6.45) is 3.08. The predicted octanol–water partition coefficient (Wildman–Crippen LogP) is 4.60. The van der Waals surface area contributed by atoms with Gasteiger partial charge in [-0.1, -0.05) is 29.8 Å². The number of aromatic nitrogens is 2. The molecular weight excluding hydrogens is 416 g/mol. The first-order valence-corrected chi connectivity index (χ1v) is 9.80. The van der Waals surface area contributed by atoms with Crippen LogP contribution < -0.4 is 20.5 Å². The second-order valence-electron chi connectivity index (χ2n) is 6.73. The Morgan fingerprint density at radius 2 is 1.94 bits per heavy atom. The first-order valence-electron chi connectivity index (χ1n) is 9.42. The van der Waals surface area contributed by atoms with Gasteiger partial charge in [0.05, 0.1) is 12.7 Å². The van der Waals surface area contributed by atoms with E-state index in [-0.39, 0.29) is 16.8 Å². The largest absolute Gasteiger partial charge is 0.497 e. The Balaban J connectivity index is 1.43. The second kappa shape index (κ2) is 8.89. The molecule has 2 heterocycles. The Kier molecular flexibility index (Phi) is 5.86. The molecule has 7 nitrogen and oxygen atoms in total. The minimum absolute atomic E-state index is 0.201. The molecule has 0 aliphatic carbocycles. The number of carbonyl (C=O) groups excluding carboxylic acids is 1. The van der Waals surface area contributed by atoms with E-state index in [0.717, 1.165) is 16.3 Å². The topological polar surface area (TPSA) is 99.4 Å². The highest BCUT2D eigenvalue weighted by Crippen LogP contribution is 2.29. The van der Waals surface area contributed by atoms with Gasteiger partial charge in [-0.3, -0.25) is 4.79 Å². The first kappa shape index (κ1) is 20.4. The summed E-state index contributed by atoms with van der Waals surface area (Å²) in [5, 5.41) is 4.93. The van der Waals surface area contributed by atoms with E-state index < -0.39 is 0 Å². The van der Waals surface area contributed by atoms with Gasteiger partial charge in [0.2, 0.25) is 5.88 Å². The molecule has 31 heavy (non-hydrogen) atoms. The van der Waals surface area contributed by atoms with Crippen LogP contribution >= 0.6 is 11.6 Å². The van der Waals surface area contributed by atoms with E-state index >= 15 is 0 Å². The van der Waals surface area contributed by atoms with Gasteiger partial charge in [0.1, 0.15) is 22.3 Å².